The number of benzene rings is 3. The van der Waals surface area contributed by atoms with Crippen molar-refractivity contribution in [3.05, 3.63) is 94.0 Å². The van der Waals surface area contributed by atoms with Crippen molar-refractivity contribution in [1.82, 2.24) is 0 Å². The molecule has 6 heteroatoms. The maximum atomic E-state index is 13.3. The molecule has 0 N–H and O–H groups in total. The summed E-state index contributed by atoms with van der Waals surface area (Å²) in [4.78, 5) is 0.233. The maximum Gasteiger partial charge on any atom is 0.264 e. The normalized spacial score (nSPS) is 11.3. The van der Waals surface area contributed by atoms with Crippen LogP contribution in [0.15, 0.2) is 77.7 Å². The zero-order valence-electron chi connectivity index (χ0n) is 14.1. The zero-order valence-corrected chi connectivity index (χ0v) is 16.4. The van der Waals surface area contributed by atoms with Gasteiger partial charge < -0.3 is 0 Å². The predicted octanol–water partition coefficient (Wildman–Crippen LogP) is 5.70. The third-order valence-electron chi connectivity index (χ3n) is 3.98. The van der Waals surface area contributed by atoms with Crippen LogP contribution >= 0.6 is 23.2 Å². The van der Waals surface area contributed by atoms with Crippen molar-refractivity contribution in [3.63, 3.8) is 0 Å². The van der Waals surface area contributed by atoms with Crippen molar-refractivity contribution < 1.29 is 8.42 Å². The lowest BCUT2D eigenvalue weighted by Gasteiger charge is -2.25. The smallest absolute Gasteiger partial charge is 0.262 e. The summed E-state index contributed by atoms with van der Waals surface area (Å²) in [5.74, 6) is 0. The fourth-order valence-electron chi connectivity index (χ4n) is 2.55. The van der Waals surface area contributed by atoms with Gasteiger partial charge in [-0.15, -0.1) is 0 Å². The van der Waals surface area contributed by atoms with Gasteiger partial charge in [-0.1, -0.05) is 65.2 Å². The first kappa shape index (κ1) is 18.8. The first-order chi connectivity index (χ1) is 12.4. The van der Waals surface area contributed by atoms with Crippen molar-refractivity contribution in [2.24, 2.45) is 0 Å². The molecule has 0 aliphatic rings. The number of halogens is 2. The summed E-state index contributed by atoms with van der Waals surface area (Å²) in [6.07, 6.45) is 0. The first-order valence-electron chi connectivity index (χ1n) is 7.96. The lowest BCUT2D eigenvalue weighted by molar-refractivity contribution is 0.590. The van der Waals surface area contributed by atoms with Crippen molar-refractivity contribution >= 4 is 38.9 Å². The Hall–Kier alpha value is -2.01. The van der Waals surface area contributed by atoms with E-state index in [9.17, 15) is 8.42 Å². The van der Waals surface area contributed by atoms with Gasteiger partial charge in [-0.2, -0.15) is 0 Å². The Morgan fingerprint density at radius 3 is 2.15 bits per heavy atom. The fourth-order valence-corrected chi connectivity index (χ4v) is 4.46. The molecule has 0 aliphatic heterocycles. The highest BCUT2D eigenvalue weighted by molar-refractivity contribution is 7.92. The summed E-state index contributed by atoms with van der Waals surface area (Å²) in [5.41, 5.74) is 2.24. The van der Waals surface area contributed by atoms with E-state index in [2.05, 4.69) is 0 Å². The van der Waals surface area contributed by atoms with Crippen molar-refractivity contribution in [1.29, 1.82) is 0 Å². The first-order valence-corrected chi connectivity index (χ1v) is 10.2. The number of nitrogens with zero attached hydrogens (tertiary/aromatic N) is 1. The summed E-state index contributed by atoms with van der Waals surface area (Å²) < 4.78 is 27.9. The highest BCUT2D eigenvalue weighted by atomic mass is 35.5. The number of rotatable bonds is 5. The highest BCUT2D eigenvalue weighted by Gasteiger charge is 2.25. The Kier molecular flexibility index (Phi) is 5.56. The minimum absolute atomic E-state index is 0.107. The molecule has 0 heterocycles. The van der Waals surface area contributed by atoms with Crippen LogP contribution in [0.3, 0.4) is 0 Å². The van der Waals surface area contributed by atoms with Crippen LogP contribution in [0.1, 0.15) is 11.1 Å². The Bertz CT molecular complexity index is 1000. The molecule has 0 bridgehead atoms. The molecular weight excluding hydrogens is 389 g/mol. The Balaban J connectivity index is 2.08. The quantitative estimate of drug-likeness (QED) is 0.545. The Morgan fingerprint density at radius 1 is 0.885 bits per heavy atom. The molecule has 3 rings (SSSR count). The molecule has 26 heavy (non-hydrogen) atoms. The van der Waals surface area contributed by atoms with Crippen molar-refractivity contribution in [2.45, 2.75) is 18.4 Å². The standard InChI is InChI=1S/C20H17Cl2NO2S/c1-15-7-11-19(12-8-15)26(24,25)23(18-5-3-2-4-6-18)14-16-9-10-17(21)13-20(16)22/h2-13H,14H2,1H3. The second-order valence-electron chi connectivity index (χ2n) is 5.90. The molecular formula is C20H17Cl2NO2S. The maximum absolute atomic E-state index is 13.3. The Morgan fingerprint density at radius 2 is 1.54 bits per heavy atom. The largest absolute Gasteiger partial charge is 0.264 e. The highest BCUT2D eigenvalue weighted by Crippen LogP contribution is 2.29. The van der Waals surface area contributed by atoms with Crippen LogP contribution in [0.25, 0.3) is 0 Å². The summed E-state index contributed by atoms with van der Waals surface area (Å²) >= 11 is 12.2. The summed E-state index contributed by atoms with van der Waals surface area (Å²) in [5, 5.41) is 0.934. The molecule has 0 unspecified atom stereocenters. The van der Waals surface area contributed by atoms with Crippen molar-refractivity contribution in [3.8, 4) is 0 Å². The molecule has 0 fully saturated rings. The van der Waals surface area contributed by atoms with Gasteiger partial charge in [-0.05, 0) is 48.9 Å². The van der Waals surface area contributed by atoms with Gasteiger partial charge in [0.05, 0.1) is 17.1 Å². The number of hydrogen-bond donors (Lipinski definition) is 0. The van der Waals surface area contributed by atoms with Gasteiger partial charge in [0.25, 0.3) is 10.0 Å². The molecule has 0 spiro atoms. The fraction of sp³-hybridized carbons (Fsp3) is 0.100. The van der Waals surface area contributed by atoms with Gasteiger partial charge in [0.1, 0.15) is 0 Å². The second kappa shape index (κ2) is 7.70. The third-order valence-corrected chi connectivity index (χ3v) is 6.36. The van der Waals surface area contributed by atoms with Crippen LogP contribution in [0.5, 0.6) is 0 Å². The lowest BCUT2D eigenvalue weighted by Crippen LogP contribution is -2.30. The second-order valence-corrected chi connectivity index (χ2v) is 8.60. The monoisotopic (exact) mass is 405 g/mol. The van der Waals surface area contributed by atoms with E-state index >= 15 is 0 Å². The van der Waals surface area contributed by atoms with Crippen LogP contribution < -0.4 is 4.31 Å². The lowest BCUT2D eigenvalue weighted by atomic mass is 10.2. The molecule has 0 amide bonds. The number of hydrogen-bond acceptors (Lipinski definition) is 2. The molecule has 134 valence electrons. The van der Waals surface area contributed by atoms with E-state index in [-0.39, 0.29) is 11.4 Å². The molecule has 0 atom stereocenters. The van der Waals surface area contributed by atoms with E-state index < -0.39 is 10.0 Å². The molecule has 3 aromatic rings. The van der Waals surface area contributed by atoms with Crippen LogP contribution in [0.2, 0.25) is 10.0 Å². The summed E-state index contributed by atoms with van der Waals surface area (Å²) in [6, 6.07) is 20.8. The van der Waals surface area contributed by atoms with Crippen LogP contribution in [-0.4, -0.2) is 8.42 Å². The van der Waals surface area contributed by atoms with E-state index in [4.69, 9.17) is 23.2 Å². The number of anilines is 1. The van der Waals surface area contributed by atoms with Gasteiger partial charge in [0.15, 0.2) is 0 Å². The SMILES string of the molecule is Cc1ccc(S(=O)(=O)N(Cc2ccc(Cl)cc2Cl)c2ccccc2)cc1. The van der Waals surface area contributed by atoms with E-state index in [1.165, 1.54) is 4.31 Å². The molecule has 0 saturated heterocycles. The number of sulfonamides is 1. The van der Waals surface area contributed by atoms with Gasteiger partial charge >= 0.3 is 0 Å². The summed E-state index contributed by atoms with van der Waals surface area (Å²) in [6.45, 7) is 2.02. The van der Waals surface area contributed by atoms with E-state index in [1.54, 1.807) is 66.7 Å². The number of para-hydroxylation sites is 1. The van der Waals surface area contributed by atoms with E-state index in [1.807, 2.05) is 13.0 Å². The molecule has 3 aromatic carbocycles. The van der Waals surface area contributed by atoms with Crippen LogP contribution in [0, 0.1) is 6.92 Å². The van der Waals surface area contributed by atoms with E-state index in [0.29, 0.717) is 21.3 Å². The zero-order chi connectivity index (χ0) is 18.7. The average molecular weight is 406 g/mol. The van der Waals surface area contributed by atoms with Crippen LogP contribution in [0.4, 0.5) is 5.69 Å². The van der Waals surface area contributed by atoms with Gasteiger partial charge in [0.2, 0.25) is 0 Å². The molecule has 3 nitrogen and oxygen atoms in total. The molecule has 0 aromatic heterocycles. The average Bonchev–Trinajstić information content (AvgIpc) is 2.62. The minimum atomic E-state index is -3.75. The third kappa shape index (κ3) is 4.04. The molecule has 0 saturated carbocycles. The van der Waals surface area contributed by atoms with Crippen molar-refractivity contribution in [2.75, 3.05) is 4.31 Å². The van der Waals surface area contributed by atoms with Gasteiger partial charge in [-0.25, -0.2) is 8.42 Å². The summed E-state index contributed by atoms with van der Waals surface area (Å²) in [7, 11) is -3.75. The predicted molar refractivity (Wildman–Crippen MR) is 107 cm³/mol. The van der Waals surface area contributed by atoms with Crippen LogP contribution in [-0.2, 0) is 16.6 Å². The topological polar surface area (TPSA) is 37.4 Å². The van der Waals surface area contributed by atoms with Gasteiger partial charge in [0, 0.05) is 10.0 Å². The Labute approximate surface area is 163 Å². The van der Waals surface area contributed by atoms with E-state index in [0.717, 1.165) is 5.56 Å². The molecule has 0 radical (unpaired) electrons. The minimum Gasteiger partial charge on any atom is -0.262 e. The number of aryl methyl sites for hydroxylation is 1. The van der Waals surface area contributed by atoms with Gasteiger partial charge in [-0.3, -0.25) is 4.31 Å². The molecule has 0 aliphatic carbocycles.